The number of esters is 1. The molecule has 16 heavy (non-hydrogen) atoms. The normalized spacial score (nSPS) is 14.2. The van der Waals surface area contributed by atoms with Crippen LogP contribution in [0.2, 0.25) is 0 Å². The van der Waals surface area contributed by atoms with Crippen LogP contribution in [-0.2, 0) is 27.7 Å². The quantitative estimate of drug-likeness (QED) is 0.285. The van der Waals surface area contributed by atoms with E-state index in [2.05, 4.69) is 15.8 Å². The van der Waals surface area contributed by atoms with Crippen LogP contribution in [0.4, 0.5) is 0 Å². The lowest BCUT2D eigenvalue weighted by Gasteiger charge is -2.15. The van der Waals surface area contributed by atoms with E-state index < -0.39 is 20.6 Å². The number of carbonyl (C=O) groups is 1. The minimum atomic E-state index is -3.61. The summed E-state index contributed by atoms with van der Waals surface area (Å²) in [4.78, 5) is 11.0. The van der Waals surface area contributed by atoms with Gasteiger partial charge in [0.15, 0.2) is 0 Å². The van der Waals surface area contributed by atoms with Gasteiger partial charge in [-0.2, -0.15) is 0 Å². The standard InChI is InChI=1S/C9H17O6P/c1-5-6-14-16(11,12-4)15-7-13-9(10)8(2)3/h2,5-7H2,1,3-4H3. The van der Waals surface area contributed by atoms with Gasteiger partial charge < -0.3 is 4.74 Å². The monoisotopic (exact) mass is 252 g/mol. The third-order valence-electron chi connectivity index (χ3n) is 1.43. The van der Waals surface area contributed by atoms with Crippen LogP contribution in [0.25, 0.3) is 0 Å². The minimum Gasteiger partial charge on any atom is -0.435 e. The molecule has 6 nitrogen and oxygen atoms in total. The van der Waals surface area contributed by atoms with Crippen molar-refractivity contribution >= 4 is 13.8 Å². The number of phosphoric acid groups is 1. The summed E-state index contributed by atoms with van der Waals surface area (Å²) in [5.41, 5.74) is 0.227. The lowest BCUT2D eigenvalue weighted by Crippen LogP contribution is -2.09. The molecule has 0 saturated heterocycles. The second-order valence-electron chi connectivity index (χ2n) is 2.92. The molecule has 0 radical (unpaired) electrons. The summed E-state index contributed by atoms with van der Waals surface area (Å²) in [7, 11) is -2.42. The van der Waals surface area contributed by atoms with Crippen molar-refractivity contribution < 1.29 is 27.7 Å². The van der Waals surface area contributed by atoms with Crippen molar-refractivity contribution in [3.8, 4) is 0 Å². The van der Waals surface area contributed by atoms with E-state index in [1.807, 2.05) is 6.92 Å². The van der Waals surface area contributed by atoms with Crippen LogP contribution in [0.1, 0.15) is 20.3 Å². The van der Waals surface area contributed by atoms with Gasteiger partial charge in [0.1, 0.15) is 0 Å². The molecule has 0 aromatic rings. The highest BCUT2D eigenvalue weighted by Crippen LogP contribution is 2.48. The molecule has 0 N–H and O–H groups in total. The Morgan fingerprint density at radius 3 is 2.44 bits per heavy atom. The number of phosphoric ester groups is 1. The molecule has 0 heterocycles. The molecule has 1 atom stereocenters. The van der Waals surface area contributed by atoms with Gasteiger partial charge in [-0.25, -0.2) is 13.9 Å². The lowest BCUT2D eigenvalue weighted by molar-refractivity contribution is -0.146. The molecule has 0 amide bonds. The summed E-state index contributed by atoms with van der Waals surface area (Å²) in [6.45, 7) is 6.45. The van der Waals surface area contributed by atoms with Crippen molar-refractivity contribution in [2.24, 2.45) is 0 Å². The molecule has 1 unspecified atom stereocenters. The first-order valence-corrected chi connectivity index (χ1v) is 6.18. The van der Waals surface area contributed by atoms with Crippen LogP contribution in [0.5, 0.6) is 0 Å². The SMILES string of the molecule is C=C(C)C(=O)OCOP(=O)(OC)OCCC. The Balaban J connectivity index is 4.00. The van der Waals surface area contributed by atoms with E-state index in [0.717, 1.165) is 0 Å². The molecule has 0 bridgehead atoms. The van der Waals surface area contributed by atoms with E-state index in [0.29, 0.717) is 6.42 Å². The van der Waals surface area contributed by atoms with Crippen LogP contribution < -0.4 is 0 Å². The fourth-order valence-corrected chi connectivity index (χ4v) is 1.49. The Labute approximate surface area is 95.1 Å². The second kappa shape index (κ2) is 7.57. The number of hydrogen-bond donors (Lipinski definition) is 0. The molecular formula is C9H17O6P. The molecule has 0 aromatic carbocycles. The van der Waals surface area contributed by atoms with Gasteiger partial charge in [0.05, 0.1) is 6.61 Å². The third kappa shape index (κ3) is 6.02. The molecule has 0 aliphatic rings. The van der Waals surface area contributed by atoms with Crippen LogP contribution in [0.3, 0.4) is 0 Å². The van der Waals surface area contributed by atoms with E-state index in [9.17, 15) is 9.36 Å². The summed E-state index contributed by atoms with van der Waals surface area (Å²) in [5.74, 6) is -0.627. The predicted molar refractivity (Wildman–Crippen MR) is 57.7 cm³/mol. The van der Waals surface area contributed by atoms with Crippen molar-refractivity contribution in [1.29, 1.82) is 0 Å². The molecule has 0 aliphatic heterocycles. The molecule has 94 valence electrons. The molecule has 0 fully saturated rings. The van der Waals surface area contributed by atoms with Crippen LogP contribution >= 0.6 is 7.82 Å². The maximum Gasteiger partial charge on any atom is 0.477 e. The summed E-state index contributed by atoms with van der Waals surface area (Å²) < 4.78 is 30.4. The fraction of sp³-hybridized carbons (Fsp3) is 0.667. The van der Waals surface area contributed by atoms with Gasteiger partial charge in [-0.1, -0.05) is 13.5 Å². The maximum atomic E-state index is 11.6. The lowest BCUT2D eigenvalue weighted by atomic mass is 10.4. The molecule has 7 heteroatoms. The van der Waals surface area contributed by atoms with Gasteiger partial charge in [-0.15, -0.1) is 0 Å². The first-order chi connectivity index (χ1) is 7.45. The smallest absolute Gasteiger partial charge is 0.435 e. The summed E-state index contributed by atoms with van der Waals surface area (Å²) in [6, 6.07) is 0. The zero-order valence-electron chi connectivity index (χ0n) is 9.73. The Hall–Kier alpha value is -0.680. The molecule has 0 spiro atoms. The topological polar surface area (TPSA) is 71.1 Å². The van der Waals surface area contributed by atoms with Gasteiger partial charge in [0.25, 0.3) is 0 Å². The zero-order chi connectivity index (χ0) is 12.6. The Kier molecular flexibility index (Phi) is 7.25. The summed E-state index contributed by atoms with van der Waals surface area (Å²) >= 11 is 0. The van der Waals surface area contributed by atoms with Gasteiger partial charge in [-0.05, 0) is 13.3 Å². The molecular weight excluding hydrogens is 235 g/mol. The van der Waals surface area contributed by atoms with Gasteiger partial charge in [0.2, 0.25) is 6.79 Å². The van der Waals surface area contributed by atoms with Crippen molar-refractivity contribution in [2.45, 2.75) is 20.3 Å². The van der Waals surface area contributed by atoms with Crippen LogP contribution in [-0.4, -0.2) is 26.5 Å². The first kappa shape index (κ1) is 15.3. The Morgan fingerprint density at radius 1 is 1.38 bits per heavy atom. The summed E-state index contributed by atoms with van der Waals surface area (Å²) in [5, 5.41) is 0. The third-order valence-corrected chi connectivity index (χ3v) is 2.79. The van der Waals surface area contributed by atoms with Gasteiger partial charge >= 0.3 is 13.8 Å². The van der Waals surface area contributed by atoms with E-state index in [4.69, 9.17) is 9.05 Å². The predicted octanol–water partition coefficient (Wildman–Crippen LogP) is 2.26. The van der Waals surface area contributed by atoms with Crippen LogP contribution in [0, 0.1) is 0 Å². The highest BCUT2D eigenvalue weighted by atomic mass is 31.2. The summed E-state index contributed by atoms with van der Waals surface area (Å²) in [6.07, 6.45) is 0.669. The number of hydrogen-bond acceptors (Lipinski definition) is 6. The fourth-order valence-electron chi connectivity index (χ4n) is 0.613. The number of ether oxygens (including phenoxy) is 1. The average molecular weight is 252 g/mol. The molecule has 0 saturated carbocycles. The van der Waals surface area contributed by atoms with E-state index >= 15 is 0 Å². The minimum absolute atomic E-state index is 0.227. The van der Waals surface area contributed by atoms with Crippen molar-refractivity contribution in [3.05, 3.63) is 12.2 Å². The van der Waals surface area contributed by atoms with Crippen molar-refractivity contribution in [1.82, 2.24) is 0 Å². The molecule has 0 rings (SSSR count). The highest BCUT2D eigenvalue weighted by Gasteiger charge is 2.25. The number of rotatable bonds is 8. The Bertz CT molecular complexity index is 288. The van der Waals surface area contributed by atoms with Gasteiger partial charge in [0, 0.05) is 12.7 Å². The Morgan fingerprint density at radius 2 is 2.00 bits per heavy atom. The highest BCUT2D eigenvalue weighted by molar-refractivity contribution is 7.48. The first-order valence-electron chi connectivity index (χ1n) is 4.72. The van der Waals surface area contributed by atoms with E-state index in [-0.39, 0.29) is 12.2 Å². The number of carbonyl (C=O) groups excluding carboxylic acids is 1. The van der Waals surface area contributed by atoms with E-state index in [1.165, 1.54) is 14.0 Å². The van der Waals surface area contributed by atoms with Crippen molar-refractivity contribution in [2.75, 3.05) is 20.5 Å². The molecule has 0 aliphatic carbocycles. The largest absolute Gasteiger partial charge is 0.477 e. The van der Waals surface area contributed by atoms with E-state index in [1.54, 1.807) is 0 Å². The average Bonchev–Trinajstić information content (AvgIpc) is 2.26. The van der Waals surface area contributed by atoms with Gasteiger partial charge in [-0.3, -0.25) is 9.05 Å². The van der Waals surface area contributed by atoms with Crippen molar-refractivity contribution in [3.63, 3.8) is 0 Å². The zero-order valence-corrected chi connectivity index (χ0v) is 10.6. The second-order valence-corrected chi connectivity index (χ2v) is 4.70. The molecule has 0 aromatic heterocycles. The maximum absolute atomic E-state index is 11.6. The van der Waals surface area contributed by atoms with Crippen LogP contribution in [0.15, 0.2) is 12.2 Å².